The number of hydrogen-bond donors (Lipinski definition) is 3. The van der Waals surface area contributed by atoms with Gasteiger partial charge in [-0.25, -0.2) is 29.9 Å². The van der Waals surface area contributed by atoms with E-state index < -0.39 is 0 Å². The van der Waals surface area contributed by atoms with E-state index in [1.165, 1.54) is 0 Å². The van der Waals surface area contributed by atoms with Crippen LogP contribution in [0.1, 0.15) is 119 Å². The van der Waals surface area contributed by atoms with Gasteiger partial charge in [0.05, 0.1) is 72.7 Å². The van der Waals surface area contributed by atoms with Crippen LogP contribution in [0.5, 0.6) is 34.5 Å². The number of fused-ring (bicyclic) bond motifs is 20. The summed E-state index contributed by atoms with van der Waals surface area (Å²) in [5.41, 5.74) is 11.7. The quantitative estimate of drug-likeness (QED) is 0.0383. The fourth-order valence-electron chi connectivity index (χ4n) is 8.70. The van der Waals surface area contributed by atoms with Gasteiger partial charge in [-0.2, -0.15) is 0 Å². The number of anilines is 1. The zero-order chi connectivity index (χ0) is 49.3. The maximum Gasteiger partial charge on any atom is 0.168 e. The Labute approximate surface area is 415 Å². The second-order valence-electron chi connectivity index (χ2n) is 18.1. The highest BCUT2D eigenvalue weighted by Gasteiger charge is 2.31. The van der Waals surface area contributed by atoms with Crippen LogP contribution >= 0.6 is 0 Å². The number of nitrogen functional groups attached to an aromatic ring is 1. The summed E-state index contributed by atoms with van der Waals surface area (Å²) in [6.45, 7) is 15.9. The first-order valence-corrected chi connectivity index (χ1v) is 25.9. The van der Waals surface area contributed by atoms with Crippen molar-refractivity contribution in [2.24, 2.45) is 0 Å². The lowest BCUT2D eigenvalue weighted by Crippen LogP contribution is -2.02. The molecule has 9 rings (SSSR count). The van der Waals surface area contributed by atoms with Crippen molar-refractivity contribution in [1.29, 1.82) is 0 Å². The summed E-state index contributed by atoms with van der Waals surface area (Å²) < 4.78 is 39.6. The standard InChI is InChI=1S/C56H67N9O6/c1-7-13-27-66-37-21-23-39(68-29-15-9-3)45-43(37)51-59-49-35-20-19-34(57)33-36(35)50(58-49)60-52-44-38(67-28-14-8-2)22-24-40(69-30-16-10-4)46(44)54(62-52)64-56-48-42(71-32-18-12-6)26-25-41(70-31-17-11-5)47(48)55(65-56)63-53(45)61-51/h19-26,33H,7-18,27-32,57H2,1-6H3,(H2,58,59,60,61,62,63,64,65). The maximum absolute atomic E-state index is 6.64. The number of rotatable bonds is 24. The van der Waals surface area contributed by atoms with E-state index in [1.54, 1.807) is 0 Å². The third kappa shape index (κ3) is 10.2. The Morgan fingerprint density at radius 3 is 1.00 bits per heavy atom. The SMILES string of the molecule is CCCCOc1ccc(OCCCC)c2c1-c1nc-2nc2[nH]c(nc3nc(nc4[nH]c(n1)c1ccc(N)cc41)-c1c(OCCCC)ccc(OCCCC)c1-3)c1c(OCCCC)ccc(OCCCC)c21. The molecule has 0 unspecified atom stereocenters. The fourth-order valence-corrected chi connectivity index (χ4v) is 8.70. The van der Waals surface area contributed by atoms with Crippen molar-refractivity contribution < 1.29 is 28.4 Å². The molecule has 8 bridgehead atoms. The number of unbranched alkanes of at least 4 members (excludes halogenated alkanes) is 6. The monoisotopic (exact) mass is 962 g/mol. The normalized spacial score (nSPS) is 11.7. The van der Waals surface area contributed by atoms with E-state index in [0.29, 0.717) is 159 Å². The highest BCUT2D eigenvalue weighted by Crippen LogP contribution is 2.49. The molecule has 0 aliphatic carbocycles. The van der Waals surface area contributed by atoms with E-state index in [0.717, 1.165) is 87.8 Å². The number of nitrogens with zero attached hydrogens (tertiary/aromatic N) is 6. The van der Waals surface area contributed by atoms with Crippen molar-refractivity contribution in [2.45, 2.75) is 119 Å². The highest BCUT2D eigenvalue weighted by molar-refractivity contribution is 6.12. The van der Waals surface area contributed by atoms with Crippen molar-refractivity contribution in [3.8, 4) is 80.0 Å². The summed E-state index contributed by atoms with van der Waals surface area (Å²) in [6, 6.07) is 17.4. The van der Waals surface area contributed by atoms with Gasteiger partial charge in [0.15, 0.2) is 23.3 Å². The zero-order valence-electron chi connectivity index (χ0n) is 42.1. The van der Waals surface area contributed by atoms with Gasteiger partial charge in [-0.05, 0) is 93.1 Å². The van der Waals surface area contributed by atoms with E-state index in [-0.39, 0.29) is 0 Å². The Morgan fingerprint density at radius 2 is 0.648 bits per heavy atom. The van der Waals surface area contributed by atoms with Crippen LogP contribution < -0.4 is 34.2 Å². The smallest absolute Gasteiger partial charge is 0.168 e. The van der Waals surface area contributed by atoms with Gasteiger partial charge >= 0.3 is 0 Å². The van der Waals surface area contributed by atoms with Gasteiger partial charge in [-0.3, -0.25) is 0 Å². The van der Waals surface area contributed by atoms with Crippen molar-refractivity contribution in [2.75, 3.05) is 45.4 Å². The van der Waals surface area contributed by atoms with Crippen LogP contribution in [0.3, 0.4) is 0 Å². The molecule has 0 spiro atoms. The number of aromatic nitrogens is 8. The van der Waals surface area contributed by atoms with Crippen LogP contribution in [-0.2, 0) is 0 Å². The van der Waals surface area contributed by atoms with E-state index in [1.807, 2.05) is 54.6 Å². The number of nitrogens with two attached hydrogens (primary N) is 1. The van der Waals surface area contributed by atoms with Crippen LogP contribution in [0, 0.1) is 0 Å². The first kappa shape index (κ1) is 48.8. The summed E-state index contributed by atoms with van der Waals surface area (Å²) in [7, 11) is 0. The average Bonchev–Trinajstić information content (AvgIpc) is 4.12. The van der Waals surface area contributed by atoms with E-state index in [4.69, 9.17) is 64.1 Å². The molecule has 3 aromatic heterocycles. The molecule has 4 N–H and O–H groups in total. The second kappa shape index (κ2) is 22.7. The summed E-state index contributed by atoms with van der Waals surface area (Å²) in [4.78, 5) is 39.4. The van der Waals surface area contributed by atoms with Crippen LogP contribution in [-0.4, -0.2) is 79.5 Å². The molecule has 7 aromatic rings. The molecule has 0 saturated heterocycles. The molecule has 0 fully saturated rings. The molecule has 15 heteroatoms. The Kier molecular flexibility index (Phi) is 15.6. The van der Waals surface area contributed by atoms with Crippen molar-refractivity contribution >= 4 is 49.8 Å². The lowest BCUT2D eigenvalue weighted by molar-refractivity contribution is 0.303. The largest absolute Gasteiger partial charge is 0.493 e. The average molecular weight is 962 g/mol. The van der Waals surface area contributed by atoms with Crippen LogP contribution in [0.2, 0.25) is 0 Å². The topological polar surface area (TPSA) is 190 Å². The minimum Gasteiger partial charge on any atom is -0.493 e. The molecular formula is C56H67N9O6. The predicted octanol–water partition coefficient (Wildman–Crippen LogP) is 13.5. The Bertz CT molecular complexity index is 3180. The minimum absolute atomic E-state index is 0.379. The van der Waals surface area contributed by atoms with Gasteiger partial charge in [-0.15, -0.1) is 0 Å². The third-order valence-corrected chi connectivity index (χ3v) is 12.6. The minimum atomic E-state index is 0.379. The molecule has 0 atom stereocenters. The molecular weight excluding hydrogens is 895 g/mol. The van der Waals surface area contributed by atoms with E-state index >= 15 is 0 Å². The van der Waals surface area contributed by atoms with E-state index in [9.17, 15) is 0 Å². The molecule has 2 aliphatic heterocycles. The lowest BCUT2D eigenvalue weighted by atomic mass is 10.1. The van der Waals surface area contributed by atoms with Crippen LogP contribution in [0.25, 0.3) is 89.7 Å². The van der Waals surface area contributed by atoms with Crippen LogP contribution in [0.15, 0.2) is 54.6 Å². The lowest BCUT2D eigenvalue weighted by Gasteiger charge is -2.14. The van der Waals surface area contributed by atoms with Crippen LogP contribution in [0.4, 0.5) is 5.69 Å². The van der Waals surface area contributed by atoms with Gasteiger partial charge in [0.1, 0.15) is 57.1 Å². The molecule has 0 amide bonds. The van der Waals surface area contributed by atoms with Gasteiger partial charge < -0.3 is 44.1 Å². The van der Waals surface area contributed by atoms with Gasteiger partial charge in [0.2, 0.25) is 0 Å². The maximum atomic E-state index is 6.64. The van der Waals surface area contributed by atoms with Gasteiger partial charge in [0, 0.05) is 16.5 Å². The second-order valence-corrected chi connectivity index (χ2v) is 18.1. The molecule has 71 heavy (non-hydrogen) atoms. The number of nitrogens with one attached hydrogen (secondary N) is 2. The van der Waals surface area contributed by atoms with Gasteiger partial charge in [0.25, 0.3) is 0 Å². The van der Waals surface area contributed by atoms with Gasteiger partial charge in [-0.1, -0.05) is 80.1 Å². The fraction of sp³-hybridized carbons (Fsp3) is 0.429. The summed E-state index contributed by atoms with van der Waals surface area (Å²) in [5, 5.41) is 2.92. The van der Waals surface area contributed by atoms with Crippen molar-refractivity contribution in [3.63, 3.8) is 0 Å². The summed E-state index contributed by atoms with van der Waals surface area (Å²) >= 11 is 0. The molecule has 2 aliphatic rings. The molecule has 15 nitrogen and oxygen atoms in total. The number of H-pyrrole nitrogens is 2. The first-order valence-electron chi connectivity index (χ1n) is 25.9. The Balaban J connectivity index is 1.46. The molecule has 5 heterocycles. The predicted molar refractivity (Wildman–Crippen MR) is 283 cm³/mol. The number of ether oxygens (including phenoxy) is 6. The number of hydrogen-bond acceptors (Lipinski definition) is 13. The Morgan fingerprint density at radius 1 is 0.352 bits per heavy atom. The third-order valence-electron chi connectivity index (χ3n) is 12.6. The summed E-state index contributed by atoms with van der Waals surface area (Å²) in [6.07, 6.45) is 11.0. The van der Waals surface area contributed by atoms with Crippen molar-refractivity contribution in [1.82, 2.24) is 39.9 Å². The Hall–Kier alpha value is -7.16. The number of aromatic amines is 2. The molecule has 372 valence electrons. The molecule has 0 radical (unpaired) electrons. The first-order chi connectivity index (χ1) is 34.9. The number of benzene rings is 4. The van der Waals surface area contributed by atoms with Crippen molar-refractivity contribution in [3.05, 3.63) is 54.6 Å². The molecule has 0 saturated carbocycles. The highest BCUT2D eigenvalue weighted by atomic mass is 16.5. The molecule has 4 aromatic carbocycles. The van der Waals surface area contributed by atoms with E-state index in [2.05, 4.69) is 51.5 Å². The zero-order valence-corrected chi connectivity index (χ0v) is 42.1. The summed E-state index contributed by atoms with van der Waals surface area (Å²) in [5.74, 6) is 5.30.